The molecule has 3 rings (SSSR count). The van der Waals surface area contributed by atoms with E-state index in [0.717, 1.165) is 0 Å². The molecule has 1 aliphatic heterocycles. The maximum atomic E-state index is 10.2. The second-order valence-corrected chi connectivity index (χ2v) is 4.85. The summed E-state index contributed by atoms with van der Waals surface area (Å²) < 4.78 is 7.03. The van der Waals surface area contributed by atoms with Gasteiger partial charge in [0.25, 0.3) is 0 Å². The predicted molar refractivity (Wildman–Crippen MR) is 75.0 cm³/mol. The van der Waals surface area contributed by atoms with Gasteiger partial charge >= 0.3 is 0 Å². The van der Waals surface area contributed by atoms with Crippen molar-refractivity contribution in [2.45, 2.75) is 24.5 Å². The molecule has 0 radical (unpaired) electrons. The Kier molecular flexibility index (Phi) is 3.38. The summed E-state index contributed by atoms with van der Waals surface area (Å²) in [5.41, 5.74) is 7.18. The van der Waals surface area contributed by atoms with Crippen LogP contribution < -0.4 is 5.73 Å². The SMILES string of the molecule is C=Cc1nc2c(N)ccnc2n1[C@@H]1O[C@H](CO)C(O)[C@@H]1O. The second kappa shape index (κ2) is 5.08. The highest BCUT2D eigenvalue weighted by Crippen LogP contribution is 2.33. The molecule has 1 fully saturated rings. The number of ether oxygens (including phenoxy) is 1. The van der Waals surface area contributed by atoms with Gasteiger partial charge in [0.2, 0.25) is 0 Å². The maximum Gasteiger partial charge on any atom is 0.166 e. The van der Waals surface area contributed by atoms with Crippen LogP contribution in [-0.2, 0) is 4.74 Å². The summed E-state index contributed by atoms with van der Waals surface area (Å²) in [7, 11) is 0. The maximum absolute atomic E-state index is 10.2. The third kappa shape index (κ3) is 2.00. The van der Waals surface area contributed by atoms with Crippen LogP contribution in [-0.4, -0.2) is 54.8 Å². The van der Waals surface area contributed by atoms with Crippen LogP contribution in [0.25, 0.3) is 17.2 Å². The van der Waals surface area contributed by atoms with E-state index in [0.29, 0.717) is 22.7 Å². The first kappa shape index (κ1) is 14.0. The van der Waals surface area contributed by atoms with E-state index >= 15 is 0 Å². The van der Waals surface area contributed by atoms with Gasteiger partial charge in [0.1, 0.15) is 29.7 Å². The molecule has 1 aliphatic rings. The molecule has 0 aliphatic carbocycles. The van der Waals surface area contributed by atoms with Crippen LogP contribution in [0.5, 0.6) is 0 Å². The van der Waals surface area contributed by atoms with E-state index in [-0.39, 0.29) is 0 Å². The average molecular weight is 292 g/mol. The van der Waals surface area contributed by atoms with Crippen molar-refractivity contribution in [1.29, 1.82) is 0 Å². The van der Waals surface area contributed by atoms with Crippen molar-refractivity contribution in [2.75, 3.05) is 12.3 Å². The Hall–Kier alpha value is -2.00. The quantitative estimate of drug-likeness (QED) is 0.587. The molecule has 2 aromatic heterocycles. The molecule has 8 heteroatoms. The molecule has 0 spiro atoms. The molecular formula is C13H16N4O4. The molecule has 0 saturated carbocycles. The lowest BCUT2D eigenvalue weighted by atomic mass is 10.1. The van der Waals surface area contributed by atoms with Crippen LogP contribution >= 0.6 is 0 Å². The normalized spacial score (nSPS) is 29.1. The van der Waals surface area contributed by atoms with E-state index in [9.17, 15) is 15.3 Å². The highest BCUT2D eigenvalue weighted by Gasteiger charge is 2.44. The van der Waals surface area contributed by atoms with Crippen LogP contribution in [0.4, 0.5) is 5.69 Å². The Morgan fingerprint density at radius 1 is 1.43 bits per heavy atom. The first-order valence-electron chi connectivity index (χ1n) is 6.45. The molecule has 1 saturated heterocycles. The number of nitrogens with zero attached hydrogens (tertiary/aromatic N) is 3. The summed E-state index contributed by atoms with van der Waals surface area (Å²) in [6, 6.07) is 1.61. The molecule has 21 heavy (non-hydrogen) atoms. The fourth-order valence-electron chi connectivity index (χ4n) is 2.51. The van der Waals surface area contributed by atoms with Crippen molar-refractivity contribution < 1.29 is 20.1 Å². The number of hydrogen-bond donors (Lipinski definition) is 4. The van der Waals surface area contributed by atoms with Crippen LogP contribution in [0.15, 0.2) is 18.8 Å². The number of hydrogen-bond acceptors (Lipinski definition) is 7. The lowest BCUT2D eigenvalue weighted by Crippen LogP contribution is -2.33. The molecule has 5 N–H and O–H groups in total. The Bertz CT molecular complexity index is 686. The standard InChI is InChI=1S/C13H16N4O4/c1-2-8-16-9-6(14)3-4-15-12(9)17(8)13-11(20)10(19)7(5-18)21-13/h2-4,7,10-11,13,18-20H,1,5H2,(H2,14,15)/t7-,10?,11+,13-/m1/s1. The molecular weight excluding hydrogens is 276 g/mol. The van der Waals surface area contributed by atoms with E-state index < -0.39 is 31.1 Å². The van der Waals surface area contributed by atoms with Gasteiger partial charge in [-0.05, 0) is 12.1 Å². The number of nitrogen functional groups attached to an aromatic ring is 1. The van der Waals surface area contributed by atoms with Gasteiger partial charge < -0.3 is 25.8 Å². The van der Waals surface area contributed by atoms with Crippen molar-refractivity contribution in [3.8, 4) is 0 Å². The van der Waals surface area contributed by atoms with Gasteiger partial charge in [0.15, 0.2) is 11.9 Å². The minimum atomic E-state index is -1.22. The Balaban J connectivity index is 2.16. The van der Waals surface area contributed by atoms with Gasteiger partial charge in [0.05, 0.1) is 12.3 Å². The fraction of sp³-hybridized carbons (Fsp3) is 0.385. The largest absolute Gasteiger partial charge is 0.397 e. The number of aliphatic hydroxyl groups excluding tert-OH is 3. The zero-order chi connectivity index (χ0) is 15.1. The summed E-state index contributed by atoms with van der Waals surface area (Å²) in [4.78, 5) is 8.51. The van der Waals surface area contributed by atoms with Crippen LogP contribution in [0.2, 0.25) is 0 Å². The van der Waals surface area contributed by atoms with Crippen molar-refractivity contribution in [2.24, 2.45) is 0 Å². The van der Waals surface area contributed by atoms with Gasteiger partial charge in [-0.25, -0.2) is 9.97 Å². The van der Waals surface area contributed by atoms with Crippen molar-refractivity contribution in [1.82, 2.24) is 14.5 Å². The van der Waals surface area contributed by atoms with Crippen LogP contribution in [0, 0.1) is 0 Å². The monoisotopic (exact) mass is 292 g/mol. The number of anilines is 1. The summed E-state index contributed by atoms with van der Waals surface area (Å²) in [5, 5.41) is 29.2. The highest BCUT2D eigenvalue weighted by atomic mass is 16.6. The lowest BCUT2D eigenvalue weighted by molar-refractivity contribution is -0.0513. The Morgan fingerprint density at radius 2 is 2.19 bits per heavy atom. The lowest BCUT2D eigenvalue weighted by Gasteiger charge is -2.18. The molecule has 2 aromatic rings. The molecule has 8 nitrogen and oxygen atoms in total. The molecule has 1 unspecified atom stereocenters. The van der Waals surface area contributed by atoms with Crippen molar-refractivity contribution in [3.05, 3.63) is 24.7 Å². The van der Waals surface area contributed by atoms with Gasteiger partial charge in [-0.15, -0.1) is 0 Å². The fourth-order valence-corrected chi connectivity index (χ4v) is 2.51. The first-order chi connectivity index (χ1) is 10.1. The van der Waals surface area contributed by atoms with E-state index in [1.54, 1.807) is 6.07 Å². The average Bonchev–Trinajstić information content (AvgIpc) is 2.99. The molecule has 0 amide bonds. The number of nitrogens with two attached hydrogens (primary N) is 1. The summed E-state index contributed by atoms with van der Waals surface area (Å²) in [6.07, 6.45) is -1.22. The summed E-state index contributed by atoms with van der Waals surface area (Å²) in [5.74, 6) is 0.408. The Morgan fingerprint density at radius 3 is 2.81 bits per heavy atom. The summed E-state index contributed by atoms with van der Waals surface area (Å²) >= 11 is 0. The third-order valence-electron chi connectivity index (χ3n) is 3.59. The number of aromatic nitrogens is 3. The van der Waals surface area contributed by atoms with Gasteiger partial charge in [-0.1, -0.05) is 6.58 Å². The van der Waals surface area contributed by atoms with Crippen molar-refractivity contribution in [3.63, 3.8) is 0 Å². The number of fused-ring (bicyclic) bond motifs is 1. The topological polar surface area (TPSA) is 127 Å². The zero-order valence-electron chi connectivity index (χ0n) is 11.1. The summed E-state index contributed by atoms with van der Waals surface area (Å²) in [6.45, 7) is 3.27. The number of imidazole rings is 1. The van der Waals surface area contributed by atoms with Crippen molar-refractivity contribution >= 4 is 22.9 Å². The van der Waals surface area contributed by atoms with E-state index in [1.165, 1.54) is 16.8 Å². The molecule has 3 heterocycles. The van der Waals surface area contributed by atoms with Crippen LogP contribution in [0.3, 0.4) is 0 Å². The highest BCUT2D eigenvalue weighted by molar-refractivity contribution is 5.85. The molecule has 112 valence electrons. The van der Waals surface area contributed by atoms with Crippen LogP contribution in [0.1, 0.15) is 12.1 Å². The number of rotatable bonds is 3. The van der Waals surface area contributed by atoms with E-state index in [4.69, 9.17) is 10.5 Å². The number of aliphatic hydroxyl groups is 3. The molecule has 4 atom stereocenters. The van der Waals surface area contributed by atoms with Gasteiger partial charge in [-0.2, -0.15) is 0 Å². The minimum Gasteiger partial charge on any atom is -0.397 e. The Labute approximate surface area is 120 Å². The number of pyridine rings is 1. The predicted octanol–water partition coefficient (Wildman–Crippen LogP) is -0.732. The third-order valence-corrected chi connectivity index (χ3v) is 3.59. The molecule has 0 bridgehead atoms. The first-order valence-corrected chi connectivity index (χ1v) is 6.45. The smallest absolute Gasteiger partial charge is 0.166 e. The molecule has 0 aromatic carbocycles. The van der Waals surface area contributed by atoms with E-state index in [1.807, 2.05) is 0 Å². The van der Waals surface area contributed by atoms with E-state index in [2.05, 4.69) is 16.5 Å². The second-order valence-electron chi connectivity index (χ2n) is 4.85. The van der Waals surface area contributed by atoms with Gasteiger partial charge in [-0.3, -0.25) is 4.57 Å². The minimum absolute atomic E-state index is 0.402. The van der Waals surface area contributed by atoms with Gasteiger partial charge in [0, 0.05) is 6.20 Å². The zero-order valence-corrected chi connectivity index (χ0v) is 11.1.